The maximum absolute atomic E-state index is 12.4. The number of benzene rings is 1. The van der Waals surface area contributed by atoms with Crippen LogP contribution in [0.1, 0.15) is 19.2 Å². The van der Waals surface area contributed by atoms with Gasteiger partial charge in [0, 0.05) is 6.07 Å². The third kappa shape index (κ3) is 4.99. The number of nitro groups is 1. The van der Waals surface area contributed by atoms with Gasteiger partial charge < -0.3 is 9.73 Å². The second-order valence-electron chi connectivity index (χ2n) is 6.01. The molecule has 1 aromatic carbocycles. The molecular weight excluding hydrogens is 382 g/mol. The zero-order valence-electron chi connectivity index (χ0n) is 15.2. The Kier molecular flexibility index (Phi) is 6.45. The van der Waals surface area contributed by atoms with Gasteiger partial charge in [0.15, 0.2) is 0 Å². The van der Waals surface area contributed by atoms with Crippen molar-refractivity contribution in [2.45, 2.75) is 19.9 Å². The van der Waals surface area contributed by atoms with Crippen LogP contribution in [0.4, 0.5) is 11.4 Å². The van der Waals surface area contributed by atoms with Crippen molar-refractivity contribution in [3.8, 4) is 10.8 Å². The highest BCUT2D eigenvalue weighted by molar-refractivity contribution is 7.13. The average Bonchev–Trinajstić information content (AvgIpc) is 3.33. The first-order valence-corrected chi connectivity index (χ1v) is 9.56. The summed E-state index contributed by atoms with van der Waals surface area (Å²) in [6.45, 7) is 3.01. The van der Waals surface area contributed by atoms with Gasteiger partial charge in [0.2, 0.25) is 11.8 Å². The number of aromatic nitrogens is 2. The van der Waals surface area contributed by atoms with Crippen molar-refractivity contribution in [3.05, 3.63) is 57.8 Å². The van der Waals surface area contributed by atoms with Gasteiger partial charge in [-0.1, -0.05) is 25.1 Å². The molecule has 0 atom stereocenters. The van der Waals surface area contributed by atoms with E-state index in [4.69, 9.17) is 4.42 Å². The zero-order valence-corrected chi connectivity index (χ0v) is 16.0. The Morgan fingerprint density at radius 3 is 2.82 bits per heavy atom. The quantitative estimate of drug-likeness (QED) is 0.431. The summed E-state index contributed by atoms with van der Waals surface area (Å²) < 4.78 is 5.68. The minimum atomic E-state index is -0.524. The number of nitro benzene ring substituents is 1. The summed E-state index contributed by atoms with van der Waals surface area (Å²) in [5.41, 5.74) is 0.0297. The molecule has 28 heavy (non-hydrogen) atoms. The van der Waals surface area contributed by atoms with E-state index in [0.717, 1.165) is 11.3 Å². The molecular formula is C18H19N5O4S. The topological polar surface area (TPSA) is 114 Å². The van der Waals surface area contributed by atoms with Gasteiger partial charge in [-0.25, -0.2) is 0 Å². The fourth-order valence-corrected chi connectivity index (χ4v) is 3.31. The number of amides is 1. The Balaban J connectivity index is 1.64. The highest BCUT2D eigenvalue weighted by Crippen LogP contribution is 2.24. The number of thiophene rings is 1. The summed E-state index contributed by atoms with van der Waals surface area (Å²) in [5.74, 6) is 0.516. The molecule has 0 saturated heterocycles. The first-order valence-electron chi connectivity index (χ1n) is 8.68. The molecule has 3 rings (SSSR count). The minimum Gasteiger partial charge on any atom is -0.419 e. The molecule has 2 heterocycles. The molecule has 0 saturated carbocycles. The predicted molar refractivity (Wildman–Crippen MR) is 105 cm³/mol. The van der Waals surface area contributed by atoms with Gasteiger partial charge >= 0.3 is 0 Å². The van der Waals surface area contributed by atoms with Crippen molar-refractivity contribution in [1.82, 2.24) is 15.1 Å². The maximum atomic E-state index is 12.4. The van der Waals surface area contributed by atoms with Crippen molar-refractivity contribution in [2.24, 2.45) is 0 Å². The van der Waals surface area contributed by atoms with Gasteiger partial charge in [0.1, 0.15) is 5.69 Å². The molecule has 9 nitrogen and oxygen atoms in total. The van der Waals surface area contributed by atoms with Gasteiger partial charge in [-0.15, -0.1) is 21.5 Å². The number of carbonyl (C=O) groups excluding carboxylic acids is 1. The van der Waals surface area contributed by atoms with Crippen molar-refractivity contribution in [3.63, 3.8) is 0 Å². The number of anilines is 1. The normalized spacial score (nSPS) is 10.9. The largest absolute Gasteiger partial charge is 0.419 e. The molecule has 1 amide bonds. The summed E-state index contributed by atoms with van der Waals surface area (Å²) in [6.07, 6.45) is 0.824. The first kappa shape index (κ1) is 19.6. The van der Waals surface area contributed by atoms with Crippen LogP contribution in [0.15, 0.2) is 46.2 Å². The van der Waals surface area contributed by atoms with Crippen molar-refractivity contribution >= 4 is 28.6 Å². The van der Waals surface area contributed by atoms with Gasteiger partial charge in [0.25, 0.3) is 11.6 Å². The van der Waals surface area contributed by atoms with Crippen LogP contribution in [0.5, 0.6) is 0 Å². The van der Waals surface area contributed by atoms with Gasteiger partial charge in [-0.3, -0.25) is 19.8 Å². The van der Waals surface area contributed by atoms with E-state index in [-0.39, 0.29) is 23.8 Å². The lowest BCUT2D eigenvalue weighted by Gasteiger charge is -2.19. The van der Waals surface area contributed by atoms with Crippen LogP contribution in [0.3, 0.4) is 0 Å². The van der Waals surface area contributed by atoms with E-state index in [1.54, 1.807) is 12.1 Å². The molecule has 0 aliphatic heterocycles. The van der Waals surface area contributed by atoms with Crippen molar-refractivity contribution in [1.29, 1.82) is 0 Å². The summed E-state index contributed by atoms with van der Waals surface area (Å²) in [7, 11) is 0. The van der Waals surface area contributed by atoms with Gasteiger partial charge in [-0.05, 0) is 30.5 Å². The number of nitrogens with zero attached hydrogens (tertiary/aromatic N) is 4. The second kappa shape index (κ2) is 9.20. The molecule has 0 aliphatic carbocycles. The number of carbonyl (C=O) groups is 1. The van der Waals surface area contributed by atoms with Crippen LogP contribution >= 0.6 is 11.3 Å². The summed E-state index contributed by atoms with van der Waals surface area (Å²) >= 11 is 1.51. The van der Waals surface area contributed by atoms with Crippen LogP contribution in [0, 0.1) is 10.1 Å². The first-order chi connectivity index (χ1) is 13.6. The third-order valence-corrected chi connectivity index (χ3v) is 4.70. The molecule has 0 bridgehead atoms. The number of nitrogens with one attached hydrogen (secondary N) is 1. The number of rotatable bonds is 9. The van der Waals surface area contributed by atoms with Crippen molar-refractivity contribution < 1.29 is 14.1 Å². The van der Waals surface area contributed by atoms with E-state index in [0.29, 0.717) is 24.9 Å². The van der Waals surface area contributed by atoms with E-state index < -0.39 is 4.92 Å². The molecule has 0 fully saturated rings. The Hall–Kier alpha value is -3.11. The van der Waals surface area contributed by atoms with Gasteiger partial charge in [-0.2, -0.15) is 0 Å². The fraction of sp³-hybridized carbons (Fsp3) is 0.278. The molecule has 0 aliphatic rings. The molecule has 0 unspecified atom stereocenters. The Morgan fingerprint density at radius 2 is 2.11 bits per heavy atom. The van der Waals surface area contributed by atoms with Crippen LogP contribution in [0.25, 0.3) is 10.8 Å². The average molecular weight is 401 g/mol. The molecule has 2 aromatic heterocycles. The summed E-state index contributed by atoms with van der Waals surface area (Å²) in [4.78, 5) is 25.7. The van der Waals surface area contributed by atoms with Crippen LogP contribution in [-0.4, -0.2) is 39.0 Å². The lowest BCUT2D eigenvalue weighted by atomic mass is 10.2. The standard InChI is InChI=1S/C18H19N5O4S/c1-2-9-22(12-17-20-21-18(27-17)15-8-5-10-28-15)11-16(24)19-13-6-3-4-7-14(13)23(25)26/h3-8,10H,2,9,11-12H2,1H3,(H,19,24). The maximum Gasteiger partial charge on any atom is 0.292 e. The SMILES string of the molecule is CCCN(CC(=O)Nc1ccccc1[N+](=O)[O-])Cc1nnc(-c2cccs2)o1. The number of para-hydroxylation sites is 2. The van der Waals surface area contributed by atoms with Crippen LogP contribution in [0.2, 0.25) is 0 Å². The van der Waals surface area contributed by atoms with Crippen molar-refractivity contribution in [2.75, 3.05) is 18.4 Å². The lowest BCUT2D eigenvalue weighted by molar-refractivity contribution is -0.383. The Bertz CT molecular complexity index is 941. The van der Waals surface area contributed by atoms with E-state index in [9.17, 15) is 14.9 Å². The van der Waals surface area contributed by atoms with Crippen LogP contribution in [-0.2, 0) is 11.3 Å². The van der Waals surface area contributed by atoms with Crippen LogP contribution < -0.4 is 5.32 Å². The molecule has 10 heteroatoms. The molecule has 146 valence electrons. The molecule has 3 aromatic rings. The molecule has 0 radical (unpaired) electrons. The second-order valence-corrected chi connectivity index (χ2v) is 6.96. The van der Waals surface area contributed by atoms with Gasteiger partial charge in [0.05, 0.1) is 22.9 Å². The predicted octanol–water partition coefficient (Wildman–Crippen LogP) is 3.56. The highest BCUT2D eigenvalue weighted by Gasteiger charge is 2.18. The Morgan fingerprint density at radius 1 is 1.29 bits per heavy atom. The summed E-state index contributed by atoms with van der Waals surface area (Å²) in [6, 6.07) is 9.84. The number of hydrogen-bond donors (Lipinski definition) is 1. The van der Waals surface area contributed by atoms with E-state index in [1.807, 2.05) is 29.3 Å². The third-order valence-electron chi connectivity index (χ3n) is 3.84. The van der Waals surface area contributed by atoms with E-state index >= 15 is 0 Å². The lowest BCUT2D eigenvalue weighted by Crippen LogP contribution is -2.33. The van der Waals surface area contributed by atoms with E-state index in [2.05, 4.69) is 15.5 Å². The van der Waals surface area contributed by atoms with E-state index in [1.165, 1.54) is 23.5 Å². The number of hydrogen-bond acceptors (Lipinski definition) is 8. The monoisotopic (exact) mass is 401 g/mol. The fourth-order valence-electron chi connectivity index (χ4n) is 2.67. The zero-order chi connectivity index (χ0) is 19.9. The minimum absolute atomic E-state index is 0.0522. The smallest absolute Gasteiger partial charge is 0.292 e. The molecule has 0 spiro atoms. The summed E-state index contributed by atoms with van der Waals surface area (Å²) in [5, 5.41) is 23.7. The molecule has 1 N–H and O–H groups in total. The highest BCUT2D eigenvalue weighted by atomic mass is 32.1. The Labute approximate surface area is 165 Å².